The minimum atomic E-state index is -3.80. The zero-order chi connectivity index (χ0) is 29.5. The molecule has 2 amide bonds. The van der Waals surface area contributed by atoms with Gasteiger partial charge in [0.2, 0.25) is 21.8 Å². The van der Waals surface area contributed by atoms with Gasteiger partial charge in [-0.25, -0.2) is 8.42 Å². The van der Waals surface area contributed by atoms with E-state index in [0.717, 1.165) is 38.1 Å². The first-order valence-electron chi connectivity index (χ1n) is 13.2. The first kappa shape index (κ1) is 31.4. The maximum atomic E-state index is 14.1. The number of hydrogen-bond donors (Lipinski definition) is 1. The van der Waals surface area contributed by atoms with Crippen molar-refractivity contribution < 1.29 is 18.0 Å². The van der Waals surface area contributed by atoms with Gasteiger partial charge in [-0.1, -0.05) is 77.5 Å². The van der Waals surface area contributed by atoms with E-state index >= 15 is 0 Å². The van der Waals surface area contributed by atoms with Crippen LogP contribution in [0.3, 0.4) is 0 Å². The second kappa shape index (κ2) is 13.5. The van der Waals surface area contributed by atoms with E-state index in [1.807, 2.05) is 94.4 Å². The van der Waals surface area contributed by atoms with E-state index in [0.29, 0.717) is 5.69 Å². The van der Waals surface area contributed by atoms with Crippen LogP contribution in [0.25, 0.3) is 0 Å². The number of carbonyl (C=O) groups is 2. The molecule has 0 saturated heterocycles. The van der Waals surface area contributed by atoms with Crippen LogP contribution in [0.15, 0.2) is 83.3 Å². The maximum Gasteiger partial charge on any atom is 0.244 e. The summed E-state index contributed by atoms with van der Waals surface area (Å²) in [5.41, 5.74) is 2.63. The zero-order valence-corrected chi connectivity index (χ0v) is 26.1. The van der Waals surface area contributed by atoms with Crippen LogP contribution in [-0.4, -0.2) is 49.5 Å². The Kier molecular flexibility index (Phi) is 10.6. The SMILES string of the molecule is CCc1ccc(N(CC(=O)N(Cc2ccc(Br)cc2)C(Cc2ccccc2)C(=O)NC(C)(C)C)S(C)(=O)=O)cc1. The van der Waals surface area contributed by atoms with Gasteiger partial charge in [0.1, 0.15) is 12.6 Å². The lowest BCUT2D eigenvalue weighted by molar-refractivity contribution is -0.140. The lowest BCUT2D eigenvalue weighted by Gasteiger charge is -2.35. The summed E-state index contributed by atoms with van der Waals surface area (Å²) in [4.78, 5) is 29.3. The largest absolute Gasteiger partial charge is 0.350 e. The molecule has 7 nitrogen and oxygen atoms in total. The van der Waals surface area contributed by atoms with Crippen LogP contribution in [0.1, 0.15) is 44.4 Å². The molecule has 1 unspecified atom stereocenters. The predicted octanol–water partition coefficient (Wildman–Crippen LogP) is 5.33. The smallest absolute Gasteiger partial charge is 0.244 e. The third-order valence-electron chi connectivity index (χ3n) is 6.35. The highest BCUT2D eigenvalue weighted by Crippen LogP contribution is 2.22. The molecule has 0 aliphatic carbocycles. The molecule has 1 atom stereocenters. The van der Waals surface area contributed by atoms with E-state index in [1.165, 1.54) is 4.90 Å². The molecule has 214 valence electrons. The Morgan fingerprint density at radius 2 is 1.45 bits per heavy atom. The number of benzene rings is 3. The topological polar surface area (TPSA) is 86.8 Å². The molecule has 9 heteroatoms. The lowest BCUT2D eigenvalue weighted by Crippen LogP contribution is -2.56. The number of aryl methyl sites for hydroxylation is 1. The number of nitrogens with zero attached hydrogens (tertiary/aromatic N) is 2. The summed E-state index contributed by atoms with van der Waals surface area (Å²) in [7, 11) is -3.80. The molecule has 0 aliphatic heterocycles. The van der Waals surface area contributed by atoms with Gasteiger partial charge in [0.25, 0.3) is 0 Å². The van der Waals surface area contributed by atoms with Gasteiger partial charge >= 0.3 is 0 Å². The number of nitrogens with one attached hydrogen (secondary N) is 1. The number of hydrogen-bond acceptors (Lipinski definition) is 4. The number of carbonyl (C=O) groups excluding carboxylic acids is 2. The summed E-state index contributed by atoms with van der Waals surface area (Å²) < 4.78 is 27.8. The molecular formula is C31H38BrN3O4S. The molecule has 3 aromatic rings. The number of anilines is 1. The molecule has 0 radical (unpaired) electrons. The van der Waals surface area contributed by atoms with E-state index in [9.17, 15) is 18.0 Å². The van der Waals surface area contributed by atoms with E-state index < -0.39 is 34.1 Å². The first-order valence-corrected chi connectivity index (χ1v) is 15.9. The molecule has 1 N–H and O–H groups in total. The molecule has 0 heterocycles. The van der Waals surface area contributed by atoms with E-state index in [1.54, 1.807) is 12.1 Å². The fourth-order valence-electron chi connectivity index (χ4n) is 4.30. The van der Waals surface area contributed by atoms with Gasteiger partial charge in [-0.05, 0) is 68.1 Å². The fourth-order valence-corrected chi connectivity index (χ4v) is 5.42. The summed E-state index contributed by atoms with van der Waals surface area (Å²) in [6, 6.07) is 23.3. The maximum absolute atomic E-state index is 14.1. The Labute approximate surface area is 246 Å². The molecule has 0 fully saturated rings. The summed E-state index contributed by atoms with van der Waals surface area (Å²) in [6.07, 6.45) is 2.17. The van der Waals surface area contributed by atoms with Crippen molar-refractivity contribution >= 4 is 43.5 Å². The van der Waals surface area contributed by atoms with E-state index in [-0.39, 0.29) is 18.9 Å². The molecule has 0 aromatic heterocycles. The molecule has 0 spiro atoms. The van der Waals surface area contributed by atoms with Crippen molar-refractivity contribution in [2.24, 2.45) is 0 Å². The van der Waals surface area contributed by atoms with Crippen LogP contribution in [0.2, 0.25) is 0 Å². The highest BCUT2D eigenvalue weighted by atomic mass is 79.9. The minimum absolute atomic E-state index is 0.132. The third-order valence-corrected chi connectivity index (χ3v) is 8.02. The summed E-state index contributed by atoms with van der Waals surface area (Å²) in [5, 5.41) is 3.03. The number of halogens is 1. The second-order valence-electron chi connectivity index (χ2n) is 10.9. The Balaban J connectivity index is 2.05. The van der Waals surface area contributed by atoms with Crippen LogP contribution in [0.4, 0.5) is 5.69 Å². The minimum Gasteiger partial charge on any atom is -0.350 e. The van der Waals surface area contributed by atoms with Gasteiger partial charge in [0.05, 0.1) is 11.9 Å². The van der Waals surface area contributed by atoms with Gasteiger partial charge < -0.3 is 10.2 Å². The van der Waals surface area contributed by atoms with Gasteiger partial charge in [-0.15, -0.1) is 0 Å². The van der Waals surface area contributed by atoms with Crippen molar-refractivity contribution in [3.63, 3.8) is 0 Å². The van der Waals surface area contributed by atoms with Gasteiger partial charge in [-0.2, -0.15) is 0 Å². The van der Waals surface area contributed by atoms with E-state index in [2.05, 4.69) is 21.2 Å². The van der Waals surface area contributed by atoms with Gasteiger partial charge in [0.15, 0.2) is 0 Å². The molecule has 0 saturated carbocycles. The first-order chi connectivity index (χ1) is 18.8. The molecule has 3 aromatic carbocycles. The lowest BCUT2D eigenvalue weighted by atomic mass is 10.0. The van der Waals surface area contributed by atoms with Crippen molar-refractivity contribution in [3.8, 4) is 0 Å². The number of amides is 2. The van der Waals surface area contributed by atoms with Crippen molar-refractivity contribution in [1.82, 2.24) is 10.2 Å². The predicted molar refractivity (Wildman–Crippen MR) is 165 cm³/mol. The standard InChI is InChI=1S/C31H38BrN3O4S/c1-6-23-14-18-27(19-15-23)35(40(5,38)39)22-29(36)34(21-25-12-16-26(32)17-13-25)28(30(37)33-31(2,3)4)20-24-10-8-7-9-11-24/h7-19,28H,6,20-22H2,1-5H3,(H,33,37). The van der Waals surface area contributed by atoms with Gasteiger partial charge in [-0.3, -0.25) is 13.9 Å². The third kappa shape index (κ3) is 9.20. The summed E-state index contributed by atoms with van der Waals surface area (Å²) in [6.45, 7) is 7.37. The van der Waals surface area contributed by atoms with Crippen LogP contribution < -0.4 is 9.62 Å². The number of rotatable bonds is 11. The van der Waals surface area contributed by atoms with Crippen LogP contribution in [0, 0.1) is 0 Å². The van der Waals surface area contributed by atoms with Crippen LogP contribution >= 0.6 is 15.9 Å². The van der Waals surface area contributed by atoms with E-state index in [4.69, 9.17) is 0 Å². The normalized spacial score (nSPS) is 12.4. The molecule has 3 rings (SSSR count). The highest BCUT2D eigenvalue weighted by Gasteiger charge is 2.34. The monoisotopic (exact) mass is 627 g/mol. The summed E-state index contributed by atoms with van der Waals surface area (Å²) >= 11 is 3.44. The molecule has 0 aliphatic rings. The number of sulfonamides is 1. The Bertz CT molecular complexity index is 1390. The van der Waals surface area contributed by atoms with Crippen LogP contribution in [-0.2, 0) is 39.0 Å². The molecule has 0 bridgehead atoms. The zero-order valence-electron chi connectivity index (χ0n) is 23.7. The molecule has 40 heavy (non-hydrogen) atoms. The quantitative estimate of drug-likeness (QED) is 0.311. The fraction of sp³-hybridized carbons (Fsp3) is 0.355. The Morgan fingerprint density at radius 1 is 0.875 bits per heavy atom. The molecular weight excluding hydrogens is 590 g/mol. The Hall–Kier alpha value is -3.17. The van der Waals surface area contributed by atoms with Gasteiger partial charge in [0, 0.05) is 23.0 Å². The second-order valence-corrected chi connectivity index (χ2v) is 13.7. The Morgan fingerprint density at radius 3 is 1.98 bits per heavy atom. The van der Waals surface area contributed by atoms with Crippen molar-refractivity contribution in [3.05, 3.63) is 100 Å². The average molecular weight is 629 g/mol. The summed E-state index contributed by atoms with van der Waals surface area (Å²) in [5.74, 6) is -0.780. The highest BCUT2D eigenvalue weighted by molar-refractivity contribution is 9.10. The van der Waals surface area contributed by atoms with Crippen LogP contribution in [0.5, 0.6) is 0 Å². The van der Waals surface area contributed by atoms with Crippen molar-refractivity contribution in [2.75, 3.05) is 17.1 Å². The van der Waals surface area contributed by atoms with Crippen molar-refractivity contribution in [2.45, 2.75) is 58.7 Å². The van der Waals surface area contributed by atoms with Crippen molar-refractivity contribution in [1.29, 1.82) is 0 Å². The average Bonchev–Trinajstić information content (AvgIpc) is 2.89.